The third-order valence-electron chi connectivity index (χ3n) is 3.50. The SMILES string of the molecule is CCOc1ccc(OCC)c(NC(=O)Nc2ccc(C(C)N)cc2)c1. The van der Waals surface area contributed by atoms with Crippen molar-refractivity contribution >= 4 is 17.4 Å². The van der Waals surface area contributed by atoms with Crippen LogP contribution in [-0.2, 0) is 0 Å². The molecule has 2 rings (SSSR count). The maximum absolute atomic E-state index is 12.3. The van der Waals surface area contributed by atoms with Crippen molar-refractivity contribution in [1.82, 2.24) is 0 Å². The Labute approximate surface area is 148 Å². The molecule has 0 aliphatic rings. The first-order valence-electron chi connectivity index (χ1n) is 8.36. The van der Waals surface area contributed by atoms with Gasteiger partial charge in [0.15, 0.2) is 0 Å². The minimum Gasteiger partial charge on any atom is -0.494 e. The first kappa shape index (κ1) is 18.6. The fraction of sp³-hybridized carbons (Fsp3) is 0.316. The lowest BCUT2D eigenvalue weighted by atomic mass is 10.1. The van der Waals surface area contributed by atoms with E-state index in [4.69, 9.17) is 15.2 Å². The summed E-state index contributed by atoms with van der Waals surface area (Å²) in [7, 11) is 0. The number of nitrogens with two attached hydrogens (primary N) is 1. The van der Waals surface area contributed by atoms with Gasteiger partial charge in [-0.05, 0) is 50.6 Å². The molecule has 0 spiro atoms. The maximum atomic E-state index is 12.3. The van der Waals surface area contributed by atoms with Crippen LogP contribution >= 0.6 is 0 Å². The van der Waals surface area contributed by atoms with Gasteiger partial charge in [-0.3, -0.25) is 0 Å². The quantitative estimate of drug-likeness (QED) is 0.705. The van der Waals surface area contributed by atoms with Crippen molar-refractivity contribution in [3.8, 4) is 11.5 Å². The zero-order chi connectivity index (χ0) is 18.2. The zero-order valence-corrected chi connectivity index (χ0v) is 14.8. The molecule has 1 atom stereocenters. The van der Waals surface area contributed by atoms with E-state index in [0.717, 1.165) is 5.56 Å². The molecule has 6 nitrogen and oxygen atoms in total. The molecule has 2 aromatic rings. The highest BCUT2D eigenvalue weighted by molar-refractivity contribution is 6.00. The first-order valence-corrected chi connectivity index (χ1v) is 8.36. The Balaban J connectivity index is 2.09. The topological polar surface area (TPSA) is 85.6 Å². The summed E-state index contributed by atoms with van der Waals surface area (Å²) in [5.74, 6) is 1.26. The number of carbonyl (C=O) groups excluding carboxylic acids is 1. The van der Waals surface area contributed by atoms with Gasteiger partial charge in [0.2, 0.25) is 0 Å². The molecule has 2 aromatic carbocycles. The van der Waals surface area contributed by atoms with Crippen molar-refractivity contribution in [1.29, 1.82) is 0 Å². The van der Waals surface area contributed by atoms with Crippen LogP contribution < -0.4 is 25.8 Å². The molecular weight excluding hydrogens is 318 g/mol. The lowest BCUT2D eigenvalue weighted by molar-refractivity contribution is 0.262. The van der Waals surface area contributed by atoms with Gasteiger partial charge in [-0.1, -0.05) is 12.1 Å². The summed E-state index contributed by atoms with van der Waals surface area (Å²) in [4.78, 5) is 12.3. The average Bonchev–Trinajstić information content (AvgIpc) is 2.58. The summed E-state index contributed by atoms with van der Waals surface area (Å²) in [6.07, 6.45) is 0. The summed E-state index contributed by atoms with van der Waals surface area (Å²) >= 11 is 0. The molecule has 0 aromatic heterocycles. The molecule has 1 unspecified atom stereocenters. The molecule has 6 heteroatoms. The number of benzene rings is 2. The van der Waals surface area contributed by atoms with Crippen molar-refractivity contribution in [2.24, 2.45) is 5.73 Å². The van der Waals surface area contributed by atoms with E-state index in [1.807, 2.05) is 51.1 Å². The van der Waals surface area contributed by atoms with Crippen LogP contribution in [0.5, 0.6) is 11.5 Å². The van der Waals surface area contributed by atoms with E-state index in [2.05, 4.69) is 10.6 Å². The Morgan fingerprint density at radius 3 is 2.32 bits per heavy atom. The largest absolute Gasteiger partial charge is 0.494 e. The van der Waals surface area contributed by atoms with Gasteiger partial charge in [-0.15, -0.1) is 0 Å². The number of urea groups is 1. The Morgan fingerprint density at radius 1 is 1.04 bits per heavy atom. The third-order valence-corrected chi connectivity index (χ3v) is 3.50. The van der Waals surface area contributed by atoms with Crippen LogP contribution in [0.4, 0.5) is 16.2 Å². The molecule has 25 heavy (non-hydrogen) atoms. The summed E-state index contributed by atoms with van der Waals surface area (Å²) in [5, 5.41) is 5.59. The van der Waals surface area contributed by atoms with Gasteiger partial charge in [0.05, 0.1) is 18.9 Å². The van der Waals surface area contributed by atoms with Crippen LogP contribution in [0.15, 0.2) is 42.5 Å². The van der Waals surface area contributed by atoms with Crippen LogP contribution in [0, 0.1) is 0 Å². The number of carbonyl (C=O) groups is 1. The van der Waals surface area contributed by atoms with E-state index in [0.29, 0.717) is 36.1 Å². The number of rotatable bonds is 7. The number of amides is 2. The van der Waals surface area contributed by atoms with Gasteiger partial charge < -0.3 is 25.8 Å². The lowest BCUT2D eigenvalue weighted by Crippen LogP contribution is -2.20. The molecule has 0 aliphatic heterocycles. The smallest absolute Gasteiger partial charge is 0.323 e. The van der Waals surface area contributed by atoms with E-state index >= 15 is 0 Å². The number of hydrogen-bond donors (Lipinski definition) is 3. The van der Waals surface area contributed by atoms with Gasteiger partial charge in [-0.2, -0.15) is 0 Å². The normalized spacial score (nSPS) is 11.5. The van der Waals surface area contributed by atoms with Crippen LogP contribution in [0.2, 0.25) is 0 Å². The summed E-state index contributed by atoms with van der Waals surface area (Å²) in [6.45, 7) is 6.76. The van der Waals surface area contributed by atoms with E-state index < -0.39 is 0 Å². The molecule has 0 radical (unpaired) electrons. The monoisotopic (exact) mass is 343 g/mol. The minimum atomic E-state index is -0.358. The van der Waals surface area contributed by atoms with E-state index in [-0.39, 0.29) is 12.1 Å². The summed E-state index contributed by atoms with van der Waals surface area (Å²) < 4.78 is 11.0. The highest BCUT2D eigenvalue weighted by Crippen LogP contribution is 2.29. The van der Waals surface area contributed by atoms with Crippen molar-refractivity contribution in [3.63, 3.8) is 0 Å². The van der Waals surface area contributed by atoms with Gasteiger partial charge in [0.25, 0.3) is 0 Å². The highest BCUT2D eigenvalue weighted by atomic mass is 16.5. The van der Waals surface area contributed by atoms with Crippen LogP contribution in [0.25, 0.3) is 0 Å². The maximum Gasteiger partial charge on any atom is 0.323 e. The van der Waals surface area contributed by atoms with Crippen molar-refractivity contribution in [3.05, 3.63) is 48.0 Å². The Hall–Kier alpha value is -2.73. The Morgan fingerprint density at radius 2 is 1.72 bits per heavy atom. The van der Waals surface area contributed by atoms with Gasteiger partial charge in [0.1, 0.15) is 11.5 Å². The fourth-order valence-electron chi connectivity index (χ4n) is 2.30. The van der Waals surface area contributed by atoms with E-state index in [9.17, 15) is 4.79 Å². The van der Waals surface area contributed by atoms with E-state index in [1.165, 1.54) is 0 Å². The average molecular weight is 343 g/mol. The first-order chi connectivity index (χ1) is 12.0. The second kappa shape index (κ2) is 8.94. The number of anilines is 2. The van der Waals surface area contributed by atoms with Gasteiger partial charge >= 0.3 is 6.03 Å². The van der Waals surface area contributed by atoms with Crippen molar-refractivity contribution < 1.29 is 14.3 Å². The van der Waals surface area contributed by atoms with Gasteiger partial charge in [0, 0.05) is 17.8 Å². The van der Waals surface area contributed by atoms with Crippen molar-refractivity contribution in [2.45, 2.75) is 26.8 Å². The summed E-state index contributed by atoms with van der Waals surface area (Å²) in [6, 6.07) is 12.3. The molecule has 0 fully saturated rings. The zero-order valence-electron chi connectivity index (χ0n) is 14.8. The second-order valence-corrected chi connectivity index (χ2v) is 5.51. The van der Waals surface area contributed by atoms with E-state index in [1.54, 1.807) is 12.1 Å². The van der Waals surface area contributed by atoms with Crippen molar-refractivity contribution in [2.75, 3.05) is 23.8 Å². The summed E-state index contributed by atoms with van der Waals surface area (Å²) in [5.41, 5.74) is 8.07. The lowest BCUT2D eigenvalue weighted by Gasteiger charge is -2.14. The fourth-order valence-corrected chi connectivity index (χ4v) is 2.30. The van der Waals surface area contributed by atoms with Gasteiger partial charge in [-0.25, -0.2) is 4.79 Å². The molecule has 0 saturated heterocycles. The standard InChI is InChI=1S/C19H25N3O3/c1-4-24-16-10-11-18(25-5-2)17(12-16)22-19(23)21-15-8-6-14(7-9-15)13(3)20/h6-13H,4-5,20H2,1-3H3,(H2,21,22,23). The van der Waals surface area contributed by atoms with Crippen LogP contribution in [-0.4, -0.2) is 19.2 Å². The Bertz CT molecular complexity index is 700. The van der Waals surface area contributed by atoms with Crippen LogP contribution in [0.3, 0.4) is 0 Å². The molecule has 134 valence electrons. The van der Waals surface area contributed by atoms with Crippen LogP contribution in [0.1, 0.15) is 32.4 Å². The molecule has 0 heterocycles. The number of ether oxygens (including phenoxy) is 2. The third kappa shape index (κ3) is 5.39. The second-order valence-electron chi connectivity index (χ2n) is 5.51. The Kier molecular flexibility index (Phi) is 6.65. The molecule has 2 amide bonds. The predicted molar refractivity (Wildman–Crippen MR) is 100 cm³/mol. The highest BCUT2D eigenvalue weighted by Gasteiger charge is 2.10. The minimum absolute atomic E-state index is 0.0436. The predicted octanol–water partition coefficient (Wildman–Crippen LogP) is 4.15. The molecule has 0 bridgehead atoms. The molecular formula is C19H25N3O3. The number of hydrogen-bond acceptors (Lipinski definition) is 4. The molecule has 0 saturated carbocycles. The number of nitrogens with one attached hydrogen (secondary N) is 2. The molecule has 0 aliphatic carbocycles. The molecule has 4 N–H and O–H groups in total.